The fourth-order valence-electron chi connectivity index (χ4n) is 3.11. The van der Waals surface area contributed by atoms with E-state index in [1.54, 1.807) is 11.2 Å². The second kappa shape index (κ2) is 6.63. The second-order valence-corrected chi connectivity index (χ2v) is 6.11. The molecule has 0 aromatic carbocycles. The molecule has 1 aliphatic rings. The summed E-state index contributed by atoms with van der Waals surface area (Å²) in [5, 5.41) is 0. The molecule has 0 N–H and O–H groups in total. The molecule has 27 heavy (non-hydrogen) atoms. The summed E-state index contributed by atoms with van der Waals surface area (Å²) in [6.07, 6.45) is -0.101. The first kappa shape index (κ1) is 17.4. The van der Waals surface area contributed by atoms with Crippen molar-refractivity contribution < 1.29 is 13.2 Å². The van der Waals surface area contributed by atoms with Crippen LogP contribution in [-0.4, -0.2) is 55.7 Å². The Kier molecular flexibility index (Phi) is 4.28. The summed E-state index contributed by atoms with van der Waals surface area (Å²) in [6, 6.07) is 0.876. The molecule has 0 unspecified atom stereocenters. The van der Waals surface area contributed by atoms with Gasteiger partial charge in [0, 0.05) is 38.9 Å². The largest absolute Gasteiger partial charge is 0.433 e. The first-order valence-corrected chi connectivity index (χ1v) is 8.53. The quantitative estimate of drug-likeness (QED) is 0.690. The summed E-state index contributed by atoms with van der Waals surface area (Å²) < 4.78 is 40.5. The Bertz CT molecular complexity index is 946. The Morgan fingerprint density at radius 2 is 1.74 bits per heavy atom. The fourth-order valence-corrected chi connectivity index (χ4v) is 3.11. The highest BCUT2D eigenvalue weighted by Gasteiger charge is 2.33. The molecule has 0 aliphatic carbocycles. The molecule has 0 spiro atoms. The van der Waals surface area contributed by atoms with Gasteiger partial charge in [-0.1, -0.05) is 0 Å². The molecule has 1 aliphatic heterocycles. The number of anilines is 2. The number of rotatable bonds is 3. The Morgan fingerprint density at radius 3 is 2.44 bits per heavy atom. The van der Waals surface area contributed by atoms with Crippen molar-refractivity contribution in [2.45, 2.75) is 19.6 Å². The van der Waals surface area contributed by atoms with Gasteiger partial charge in [-0.25, -0.2) is 24.9 Å². The maximum absolute atomic E-state index is 12.9. The van der Waals surface area contributed by atoms with E-state index in [-0.39, 0.29) is 5.95 Å². The lowest BCUT2D eigenvalue weighted by Gasteiger charge is -2.35. The number of aromatic nitrogens is 6. The van der Waals surface area contributed by atoms with Crippen LogP contribution >= 0.6 is 0 Å². The summed E-state index contributed by atoms with van der Waals surface area (Å²) in [7, 11) is 0. The van der Waals surface area contributed by atoms with Crippen LogP contribution in [0.25, 0.3) is 11.2 Å². The van der Waals surface area contributed by atoms with Crippen molar-refractivity contribution in [2.75, 3.05) is 36.0 Å². The summed E-state index contributed by atoms with van der Waals surface area (Å²) in [6.45, 7) is 4.89. The Labute approximate surface area is 152 Å². The second-order valence-electron chi connectivity index (χ2n) is 6.11. The first-order valence-electron chi connectivity index (χ1n) is 8.53. The molecule has 0 amide bonds. The van der Waals surface area contributed by atoms with E-state index in [2.05, 4.69) is 29.8 Å². The topological polar surface area (TPSA) is 75.9 Å². The van der Waals surface area contributed by atoms with Crippen molar-refractivity contribution in [1.82, 2.24) is 29.5 Å². The van der Waals surface area contributed by atoms with Crippen LogP contribution in [0.2, 0.25) is 0 Å². The lowest BCUT2D eigenvalue weighted by Crippen LogP contribution is -2.47. The van der Waals surface area contributed by atoms with Gasteiger partial charge in [-0.05, 0) is 13.0 Å². The van der Waals surface area contributed by atoms with E-state index in [9.17, 15) is 13.2 Å². The third-order valence-corrected chi connectivity index (χ3v) is 4.52. The molecule has 0 radical (unpaired) electrons. The molecule has 11 heteroatoms. The van der Waals surface area contributed by atoms with Crippen molar-refractivity contribution >= 4 is 22.9 Å². The van der Waals surface area contributed by atoms with Crippen molar-refractivity contribution in [3.05, 3.63) is 30.6 Å². The van der Waals surface area contributed by atoms with E-state index < -0.39 is 11.9 Å². The molecule has 1 fully saturated rings. The molecular formula is C16H17F3N8. The minimum absolute atomic E-state index is 0.0903. The van der Waals surface area contributed by atoms with Gasteiger partial charge in [0.25, 0.3) is 0 Å². The number of hydrogen-bond donors (Lipinski definition) is 0. The Hall–Kier alpha value is -2.98. The number of alkyl halides is 3. The van der Waals surface area contributed by atoms with Crippen LogP contribution in [0.3, 0.4) is 0 Å². The molecule has 1 saturated heterocycles. The van der Waals surface area contributed by atoms with E-state index in [0.717, 1.165) is 35.8 Å². The zero-order valence-corrected chi connectivity index (χ0v) is 14.6. The van der Waals surface area contributed by atoms with Crippen LogP contribution in [0.4, 0.5) is 24.9 Å². The minimum Gasteiger partial charge on any atom is -0.351 e. The lowest BCUT2D eigenvalue weighted by molar-refractivity contribution is -0.141. The van der Waals surface area contributed by atoms with Crippen molar-refractivity contribution in [1.29, 1.82) is 0 Å². The molecule has 4 rings (SSSR count). The average Bonchev–Trinajstić information content (AvgIpc) is 3.11. The lowest BCUT2D eigenvalue weighted by atomic mass is 10.3. The third kappa shape index (κ3) is 3.24. The standard InChI is InChI=1S/C16H17F3N8/c1-2-25-10-23-12-13(25)21-9-22-14(12)26-5-7-27(8-6-26)15-20-4-3-11(24-15)16(17,18)19/h3-4,9-10H,2,5-8H2,1H3. The first-order chi connectivity index (χ1) is 13.0. The molecule has 3 aromatic heterocycles. The minimum atomic E-state index is -4.48. The van der Waals surface area contributed by atoms with Crippen LogP contribution < -0.4 is 9.80 Å². The number of aryl methyl sites for hydroxylation is 1. The summed E-state index contributed by atoms with van der Waals surface area (Å²) in [5.74, 6) is 0.824. The Balaban J connectivity index is 1.52. The van der Waals surface area contributed by atoms with Crippen LogP contribution in [-0.2, 0) is 12.7 Å². The van der Waals surface area contributed by atoms with E-state index >= 15 is 0 Å². The molecule has 0 bridgehead atoms. The molecule has 8 nitrogen and oxygen atoms in total. The maximum Gasteiger partial charge on any atom is 0.433 e. The van der Waals surface area contributed by atoms with Crippen LogP contribution in [0.1, 0.15) is 12.6 Å². The smallest absolute Gasteiger partial charge is 0.351 e. The maximum atomic E-state index is 12.9. The van der Waals surface area contributed by atoms with Gasteiger partial charge in [0.1, 0.15) is 12.0 Å². The molecule has 142 valence electrons. The molecule has 0 atom stereocenters. The van der Waals surface area contributed by atoms with Gasteiger partial charge in [-0.3, -0.25) is 0 Å². The van der Waals surface area contributed by atoms with Crippen LogP contribution in [0.5, 0.6) is 0 Å². The highest BCUT2D eigenvalue weighted by atomic mass is 19.4. The van der Waals surface area contributed by atoms with Crippen molar-refractivity contribution in [3.63, 3.8) is 0 Å². The number of fused-ring (bicyclic) bond motifs is 1. The van der Waals surface area contributed by atoms with E-state index in [0.29, 0.717) is 26.2 Å². The van der Waals surface area contributed by atoms with E-state index in [1.807, 2.05) is 11.5 Å². The fraction of sp³-hybridized carbons (Fsp3) is 0.438. The zero-order valence-electron chi connectivity index (χ0n) is 14.6. The van der Waals surface area contributed by atoms with Crippen LogP contribution in [0.15, 0.2) is 24.9 Å². The monoisotopic (exact) mass is 378 g/mol. The predicted octanol–water partition coefficient (Wildman–Crippen LogP) is 1.98. The summed E-state index contributed by atoms with van der Waals surface area (Å²) >= 11 is 0. The van der Waals surface area contributed by atoms with Gasteiger partial charge in [0.15, 0.2) is 17.0 Å². The number of nitrogens with zero attached hydrogens (tertiary/aromatic N) is 8. The van der Waals surface area contributed by atoms with Crippen LogP contribution in [0, 0.1) is 0 Å². The molecule has 0 saturated carbocycles. The number of piperazine rings is 1. The highest BCUT2D eigenvalue weighted by Crippen LogP contribution is 2.28. The van der Waals surface area contributed by atoms with Gasteiger partial charge in [-0.2, -0.15) is 13.2 Å². The zero-order chi connectivity index (χ0) is 19.0. The average molecular weight is 378 g/mol. The normalized spacial score (nSPS) is 15.6. The molecule has 4 heterocycles. The van der Waals surface area contributed by atoms with Gasteiger partial charge >= 0.3 is 6.18 Å². The van der Waals surface area contributed by atoms with E-state index in [4.69, 9.17) is 0 Å². The van der Waals surface area contributed by atoms with Crippen molar-refractivity contribution in [3.8, 4) is 0 Å². The number of halogens is 3. The Morgan fingerprint density at radius 1 is 1.00 bits per heavy atom. The number of hydrogen-bond acceptors (Lipinski definition) is 7. The van der Waals surface area contributed by atoms with Gasteiger partial charge < -0.3 is 14.4 Å². The van der Waals surface area contributed by atoms with E-state index in [1.165, 1.54) is 6.33 Å². The predicted molar refractivity (Wildman–Crippen MR) is 92.5 cm³/mol. The molecular weight excluding hydrogens is 361 g/mol. The third-order valence-electron chi connectivity index (χ3n) is 4.52. The van der Waals surface area contributed by atoms with Gasteiger partial charge in [-0.15, -0.1) is 0 Å². The summed E-state index contributed by atoms with van der Waals surface area (Å²) in [5.41, 5.74) is 0.562. The molecule has 3 aromatic rings. The van der Waals surface area contributed by atoms with Gasteiger partial charge in [0.2, 0.25) is 5.95 Å². The van der Waals surface area contributed by atoms with Gasteiger partial charge in [0.05, 0.1) is 6.33 Å². The van der Waals surface area contributed by atoms with Crippen molar-refractivity contribution in [2.24, 2.45) is 0 Å². The SMILES string of the molecule is CCn1cnc2c(N3CCN(c4nccc(C(F)(F)F)n4)CC3)ncnc21. The highest BCUT2D eigenvalue weighted by molar-refractivity contribution is 5.83. The number of imidazole rings is 1. The summed E-state index contributed by atoms with van der Waals surface area (Å²) in [4.78, 5) is 24.5.